The van der Waals surface area contributed by atoms with Crippen molar-refractivity contribution >= 4 is 41.3 Å². The van der Waals surface area contributed by atoms with E-state index in [1.807, 2.05) is 0 Å². The van der Waals surface area contributed by atoms with Crippen molar-refractivity contribution in [3.05, 3.63) is 0 Å². The highest BCUT2D eigenvalue weighted by Crippen LogP contribution is 2.21. The van der Waals surface area contributed by atoms with Crippen molar-refractivity contribution in [3.63, 3.8) is 0 Å². The van der Waals surface area contributed by atoms with Crippen LogP contribution in [-0.2, 0) is 8.85 Å². The third-order valence-electron chi connectivity index (χ3n) is 2.94. The van der Waals surface area contributed by atoms with E-state index in [4.69, 9.17) is 32.1 Å². The maximum Gasteiger partial charge on any atom is 0.233 e. The van der Waals surface area contributed by atoms with Crippen LogP contribution in [-0.4, -0.2) is 29.7 Å². The van der Waals surface area contributed by atoms with E-state index < -0.39 is 13.3 Å². The summed E-state index contributed by atoms with van der Waals surface area (Å²) in [7, 11) is -1.01. The lowest BCUT2D eigenvalue weighted by Crippen LogP contribution is -2.36. The largest absolute Gasteiger partial charge is 0.417 e. The summed E-state index contributed by atoms with van der Waals surface area (Å²) in [5.41, 5.74) is 0. The first kappa shape index (κ1) is 16.9. The van der Waals surface area contributed by atoms with Crippen molar-refractivity contribution in [1.29, 1.82) is 0 Å². The first-order valence-electron chi connectivity index (χ1n) is 5.90. The first-order chi connectivity index (χ1) is 7.60. The van der Waals surface area contributed by atoms with Gasteiger partial charge in [-0.3, -0.25) is 0 Å². The van der Waals surface area contributed by atoms with Crippen molar-refractivity contribution in [2.75, 3.05) is 6.61 Å². The van der Waals surface area contributed by atoms with Gasteiger partial charge in [0.2, 0.25) is 9.76 Å². The molecule has 0 unspecified atom stereocenters. The molecule has 0 N–H and O–H groups in total. The number of rotatable bonds is 10. The van der Waals surface area contributed by atoms with Crippen LogP contribution in [0.4, 0.5) is 0 Å². The summed E-state index contributed by atoms with van der Waals surface area (Å²) >= 11 is 10.9. The highest BCUT2D eigenvalue weighted by molar-refractivity contribution is 6.73. The van der Waals surface area contributed by atoms with Gasteiger partial charge in [-0.1, -0.05) is 44.0 Å². The highest BCUT2D eigenvalue weighted by atomic mass is 35.5. The lowest BCUT2D eigenvalue weighted by Gasteiger charge is -2.27. The maximum absolute atomic E-state index is 6.11. The van der Waals surface area contributed by atoms with Crippen LogP contribution in [0.5, 0.6) is 0 Å². The Balaban J connectivity index is 3.55. The van der Waals surface area contributed by atoms with Crippen LogP contribution in [0.1, 0.15) is 27.2 Å². The minimum atomic E-state index is -1.39. The Hall–Kier alpha value is 0.934. The average molecular weight is 301 g/mol. The minimum Gasteiger partial charge on any atom is -0.417 e. The molecule has 0 saturated heterocycles. The molecular formula is C10H22Cl2O2Si2. The van der Waals surface area contributed by atoms with Crippen LogP contribution >= 0.6 is 23.2 Å². The van der Waals surface area contributed by atoms with E-state index in [1.54, 1.807) is 0 Å². The second-order valence-electron chi connectivity index (χ2n) is 3.72. The van der Waals surface area contributed by atoms with Gasteiger partial charge in [-0.05, 0) is 30.6 Å². The van der Waals surface area contributed by atoms with Gasteiger partial charge in [-0.2, -0.15) is 0 Å². The average Bonchev–Trinajstić information content (AvgIpc) is 2.29. The van der Waals surface area contributed by atoms with E-state index in [0.29, 0.717) is 9.76 Å². The van der Waals surface area contributed by atoms with Gasteiger partial charge in [0.25, 0.3) is 0 Å². The number of alkyl halides is 2. The fraction of sp³-hybridized carbons (Fsp3) is 1.00. The molecule has 2 nitrogen and oxygen atoms in total. The molecule has 6 heteroatoms. The zero-order chi connectivity index (χ0) is 12.4. The SMILES string of the molecule is CC[Si](CC)(CC)OCCC[Si]OC(Cl)Cl. The molecule has 0 amide bonds. The Bertz CT molecular complexity index is 159. The summed E-state index contributed by atoms with van der Waals surface area (Å²) in [6.45, 7) is 7.59. The molecule has 96 valence electrons. The standard InChI is InChI=1S/C10H22Cl2O2Si2/c1-4-16(5-2,6-3)13-8-7-9-15-14-10(11)12/h10H,4-9H2,1-3H3. The molecule has 0 aromatic rings. The van der Waals surface area contributed by atoms with Gasteiger partial charge in [-0.15, -0.1) is 0 Å². The van der Waals surface area contributed by atoms with Gasteiger partial charge in [0.15, 0.2) is 13.3 Å². The normalized spacial score (nSPS) is 12.4. The summed E-state index contributed by atoms with van der Waals surface area (Å²) in [5.74, 6) is 0. The number of halogens is 2. The van der Waals surface area contributed by atoms with Gasteiger partial charge in [0, 0.05) is 6.61 Å². The molecule has 0 atom stereocenters. The van der Waals surface area contributed by atoms with Crippen LogP contribution in [0, 0.1) is 0 Å². The van der Waals surface area contributed by atoms with E-state index >= 15 is 0 Å². The smallest absolute Gasteiger partial charge is 0.233 e. The molecule has 16 heavy (non-hydrogen) atoms. The summed E-state index contributed by atoms with van der Waals surface area (Å²) in [6.07, 6.45) is 1.04. The Morgan fingerprint density at radius 3 is 2.12 bits per heavy atom. The zero-order valence-corrected chi connectivity index (χ0v) is 13.9. The van der Waals surface area contributed by atoms with E-state index in [0.717, 1.165) is 19.1 Å². The molecule has 0 fully saturated rings. The molecule has 0 aliphatic heterocycles. The Labute approximate surface area is 113 Å². The van der Waals surface area contributed by atoms with Gasteiger partial charge in [-0.25, -0.2) is 0 Å². The molecule has 0 aromatic heterocycles. The van der Waals surface area contributed by atoms with E-state index in [-0.39, 0.29) is 0 Å². The summed E-state index contributed by atoms with van der Waals surface area (Å²) < 4.78 is 11.2. The van der Waals surface area contributed by atoms with Crippen molar-refractivity contribution < 1.29 is 8.85 Å². The van der Waals surface area contributed by atoms with E-state index in [1.165, 1.54) is 18.1 Å². The molecule has 0 spiro atoms. The first-order valence-corrected chi connectivity index (χ1v) is 10.4. The topological polar surface area (TPSA) is 18.5 Å². The number of hydrogen-bond donors (Lipinski definition) is 0. The predicted molar refractivity (Wildman–Crippen MR) is 74.9 cm³/mol. The minimum absolute atomic E-state index is 0.379. The zero-order valence-electron chi connectivity index (χ0n) is 10.4. The Morgan fingerprint density at radius 1 is 1.12 bits per heavy atom. The maximum atomic E-state index is 6.11. The molecule has 0 aliphatic rings. The van der Waals surface area contributed by atoms with Gasteiger partial charge in [0.1, 0.15) is 0 Å². The van der Waals surface area contributed by atoms with Crippen LogP contribution in [0.2, 0.25) is 24.2 Å². The molecule has 0 bridgehead atoms. The molecule has 0 aromatic carbocycles. The summed E-state index contributed by atoms with van der Waals surface area (Å²) in [6, 6.07) is 4.62. The van der Waals surface area contributed by atoms with Gasteiger partial charge in [0.05, 0.1) is 0 Å². The highest BCUT2D eigenvalue weighted by Gasteiger charge is 2.28. The second-order valence-corrected chi connectivity index (χ2v) is 10.5. The van der Waals surface area contributed by atoms with Crippen LogP contribution in [0.25, 0.3) is 0 Å². The predicted octanol–water partition coefficient (Wildman–Crippen LogP) is 4.21. The lowest BCUT2D eigenvalue weighted by molar-refractivity contribution is 0.295. The monoisotopic (exact) mass is 300 g/mol. The quantitative estimate of drug-likeness (QED) is 0.342. The van der Waals surface area contributed by atoms with Crippen molar-refractivity contribution in [1.82, 2.24) is 0 Å². The molecule has 0 rings (SSSR count). The van der Waals surface area contributed by atoms with E-state index in [9.17, 15) is 0 Å². The molecular weight excluding hydrogens is 279 g/mol. The van der Waals surface area contributed by atoms with Crippen molar-refractivity contribution in [2.45, 2.75) is 56.4 Å². The van der Waals surface area contributed by atoms with Gasteiger partial charge >= 0.3 is 0 Å². The Morgan fingerprint density at radius 2 is 1.69 bits per heavy atom. The summed E-state index contributed by atoms with van der Waals surface area (Å²) in [5, 5.41) is -0.686. The van der Waals surface area contributed by atoms with Crippen LogP contribution in [0.3, 0.4) is 0 Å². The summed E-state index contributed by atoms with van der Waals surface area (Å²) in [4.78, 5) is 0. The van der Waals surface area contributed by atoms with Crippen molar-refractivity contribution in [2.24, 2.45) is 0 Å². The third-order valence-corrected chi connectivity index (χ3v) is 9.06. The fourth-order valence-electron chi connectivity index (χ4n) is 1.61. The molecule has 0 saturated carbocycles. The van der Waals surface area contributed by atoms with Crippen LogP contribution in [0.15, 0.2) is 0 Å². The molecule has 2 radical (unpaired) electrons. The van der Waals surface area contributed by atoms with E-state index in [2.05, 4.69) is 20.8 Å². The van der Waals surface area contributed by atoms with Crippen molar-refractivity contribution in [3.8, 4) is 0 Å². The molecule has 0 aliphatic carbocycles. The number of hydrogen-bond acceptors (Lipinski definition) is 2. The third kappa shape index (κ3) is 7.30. The van der Waals surface area contributed by atoms with Crippen LogP contribution < -0.4 is 0 Å². The van der Waals surface area contributed by atoms with Gasteiger partial charge < -0.3 is 8.85 Å². The molecule has 0 heterocycles. The second kappa shape index (κ2) is 9.91. The Kier molecular flexibility index (Phi) is 10.5. The fourth-order valence-corrected chi connectivity index (χ4v) is 5.21. The lowest BCUT2D eigenvalue weighted by atomic mass is 10.5.